The molecule has 0 saturated carbocycles. The first-order valence-electron chi connectivity index (χ1n) is 6.24. The lowest BCUT2D eigenvalue weighted by molar-refractivity contribution is 0.564. The number of aromatic nitrogens is 1. The fourth-order valence-corrected chi connectivity index (χ4v) is 1.85. The summed E-state index contributed by atoms with van der Waals surface area (Å²) in [5.74, 6) is 0. The first kappa shape index (κ1) is 12.8. The smallest absolute Gasteiger partial charge is 0.0736 e. The van der Waals surface area contributed by atoms with Gasteiger partial charge >= 0.3 is 0 Å². The van der Waals surface area contributed by atoms with Crippen LogP contribution in [0.1, 0.15) is 46.0 Å². The van der Waals surface area contributed by atoms with Crippen LogP contribution in [0.3, 0.4) is 0 Å². The third kappa shape index (κ3) is 4.09. The Morgan fingerprint density at radius 2 is 2.12 bits per heavy atom. The van der Waals surface area contributed by atoms with Crippen molar-refractivity contribution in [3.63, 3.8) is 0 Å². The van der Waals surface area contributed by atoms with E-state index in [0.29, 0.717) is 6.04 Å². The number of anilines is 2. The number of nitrogens with one attached hydrogen (secondary N) is 1. The van der Waals surface area contributed by atoms with Crippen molar-refractivity contribution in [2.45, 2.75) is 52.0 Å². The van der Waals surface area contributed by atoms with E-state index in [1.165, 1.54) is 32.1 Å². The summed E-state index contributed by atoms with van der Waals surface area (Å²) in [6.07, 6.45) is 9.60. The molecule has 3 nitrogen and oxygen atoms in total. The molecule has 0 fully saturated rings. The summed E-state index contributed by atoms with van der Waals surface area (Å²) < 4.78 is 0. The van der Waals surface area contributed by atoms with Gasteiger partial charge in [0, 0.05) is 12.2 Å². The fourth-order valence-electron chi connectivity index (χ4n) is 1.85. The molecule has 0 spiro atoms. The lowest BCUT2D eigenvalue weighted by Crippen LogP contribution is -2.19. The predicted molar refractivity (Wildman–Crippen MR) is 70.5 cm³/mol. The van der Waals surface area contributed by atoms with Gasteiger partial charge in [-0.2, -0.15) is 0 Å². The number of rotatable bonds is 7. The standard InChI is InChI=1S/C13H23N3/c1-3-5-7-11(6-4-2)16-13-8-9-15-10-12(13)14/h8-11H,3-7,14H2,1-2H3,(H,15,16). The quantitative estimate of drug-likeness (QED) is 0.741. The van der Waals surface area contributed by atoms with Crippen molar-refractivity contribution in [2.24, 2.45) is 0 Å². The Morgan fingerprint density at radius 3 is 2.75 bits per heavy atom. The summed E-state index contributed by atoms with van der Waals surface area (Å²) in [5, 5.41) is 3.52. The average Bonchev–Trinajstić information content (AvgIpc) is 2.29. The molecule has 0 bridgehead atoms. The molecule has 0 aliphatic rings. The van der Waals surface area contributed by atoms with E-state index in [1.807, 2.05) is 6.07 Å². The number of pyridine rings is 1. The molecule has 0 saturated heterocycles. The van der Waals surface area contributed by atoms with Crippen LogP contribution in [0.25, 0.3) is 0 Å². The normalized spacial score (nSPS) is 12.4. The Hall–Kier alpha value is -1.25. The van der Waals surface area contributed by atoms with Gasteiger partial charge in [-0.15, -0.1) is 0 Å². The molecule has 1 atom stereocenters. The number of nitrogen functional groups attached to an aromatic ring is 1. The molecule has 1 rings (SSSR count). The summed E-state index contributed by atoms with van der Waals surface area (Å²) in [4.78, 5) is 4.00. The lowest BCUT2D eigenvalue weighted by atomic mass is 10.0. The molecule has 1 aromatic heterocycles. The molecule has 1 heterocycles. The van der Waals surface area contributed by atoms with Gasteiger partial charge in [-0.25, -0.2) is 0 Å². The minimum Gasteiger partial charge on any atom is -0.396 e. The van der Waals surface area contributed by atoms with Crippen molar-refractivity contribution in [1.29, 1.82) is 0 Å². The van der Waals surface area contributed by atoms with Gasteiger partial charge < -0.3 is 11.1 Å². The number of nitrogens with two attached hydrogens (primary N) is 1. The molecule has 0 amide bonds. The van der Waals surface area contributed by atoms with E-state index >= 15 is 0 Å². The van der Waals surface area contributed by atoms with Crippen LogP contribution in [0.15, 0.2) is 18.5 Å². The minimum atomic E-state index is 0.537. The highest BCUT2D eigenvalue weighted by Crippen LogP contribution is 2.19. The molecule has 1 unspecified atom stereocenters. The highest BCUT2D eigenvalue weighted by atomic mass is 14.9. The second-order valence-corrected chi connectivity index (χ2v) is 4.24. The second kappa shape index (κ2) is 7.09. The van der Waals surface area contributed by atoms with Crippen LogP contribution in [0.2, 0.25) is 0 Å². The van der Waals surface area contributed by atoms with Crippen molar-refractivity contribution in [2.75, 3.05) is 11.1 Å². The summed E-state index contributed by atoms with van der Waals surface area (Å²) in [6.45, 7) is 4.44. The molecule has 0 aliphatic carbocycles. The molecular formula is C13H23N3. The topological polar surface area (TPSA) is 50.9 Å². The van der Waals surface area contributed by atoms with Gasteiger partial charge in [0.05, 0.1) is 17.6 Å². The number of nitrogens with zero attached hydrogens (tertiary/aromatic N) is 1. The molecule has 0 aliphatic heterocycles. The van der Waals surface area contributed by atoms with E-state index < -0.39 is 0 Å². The van der Waals surface area contributed by atoms with Crippen LogP contribution in [0, 0.1) is 0 Å². The van der Waals surface area contributed by atoms with Gasteiger partial charge in [-0.3, -0.25) is 4.98 Å². The molecular weight excluding hydrogens is 198 g/mol. The van der Waals surface area contributed by atoms with E-state index in [9.17, 15) is 0 Å². The van der Waals surface area contributed by atoms with Gasteiger partial charge in [-0.05, 0) is 18.9 Å². The monoisotopic (exact) mass is 221 g/mol. The maximum absolute atomic E-state index is 5.87. The van der Waals surface area contributed by atoms with E-state index in [4.69, 9.17) is 5.73 Å². The zero-order valence-electron chi connectivity index (χ0n) is 10.4. The van der Waals surface area contributed by atoms with E-state index in [2.05, 4.69) is 24.1 Å². The maximum Gasteiger partial charge on any atom is 0.0736 e. The number of hydrogen-bond acceptors (Lipinski definition) is 3. The third-order valence-corrected chi connectivity index (χ3v) is 2.75. The van der Waals surface area contributed by atoms with E-state index in [1.54, 1.807) is 12.4 Å². The predicted octanol–water partition coefficient (Wildman–Crippen LogP) is 3.43. The average molecular weight is 221 g/mol. The Bertz CT molecular complexity index is 299. The van der Waals surface area contributed by atoms with Crippen LogP contribution >= 0.6 is 0 Å². The van der Waals surface area contributed by atoms with Crippen LogP contribution < -0.4 is 11.1 Å². The van der Waals surface area contributed by atoms with Gasteiger partial charge in [0.1, 0.15) is 0 Å². The van der Waals surface area contributed by atoms with Crippen molar-refractivity contribution in [1.82, 2.24) is 4.98 Å². The van der Waals surface area contributed by atoms with Crippen molar-refractivity contribution < 1.29 is 0 Å². The van der Waals surface area contributed by atoms with Gasteiger partial charge in [0.25, 0.3) is 0 Å². The van der Waals surface area contributed by atoms with Crippen LogP contribution in [0.4, 0.5) is 11.4 Å². The Balaban J connectivity index is 2.56. The molecule has 0 radical (unpaired) electrons. The summed E-state index contributed by atoms with van der Waals surface area (Å²) in [5.41, 5.74) is 7.62. The highest BCUT2D eigenvalue weighted by Gasteiger charge is 2.08. The number of unbranched alkanes of at least 4 members (excludes halogenated alkanes) is 1. The molecule has 0 aromatic carbocycles. The summed E-state index contributed by atoms with van der Waals surface area (Å²) >= 11 is 0. The Morgan fingerprint density at radius 1 is 1.31 bits per heavy atom. The highest BCUT2D eigenvalue weighted by molar-refractivity contribution is 5.64. The van der Waals surface area contributed by atoms with Crippen molar-refractivity contribution in [3.05, 3.63) is 18.5 Å². The fraction of sp³-hybridized carbons (Fsp3) is 0.615. The summed E-state index contributed by atoms with van der Waals surface area (Å²) in [7, 11) is 0. The molecule has 1 aromatic rings. The molecule has 16 heavy (non-hydrogen) atoms. The number of hydrogen-bond donors (Lipinski definition) is 2. The molecule has 3 N–H and O–H groups in total. The van der Waals surface area contributed by atoms with Gasteiger partial charge in [0.2, 0.25) is 0 Å². The van der Waals surface area contributed by atoms with Gasteiger partial charge in [0.15, 0.2) is 0 Å². The zero-order valence-corrected chi connectivity index (χ0v) is 10.4. The van der Waals surface area contributed by atoms with E-state index in [-0.39, 0.29) is 0 Å². The molecule has 3 heteroatoms. The zero-order chi connectivity index (χ0) is 11.8. The van der Waals surface area contributed by atoms with Crippen molar-refractivity contribution in [3.8, 4) is 0 Å². The van der Waals surface area contributed by atoms with Crippen LogP contribution in [-0.2, 0) is 0 Å². The lowest BCUT2D eigenvalue weighted by Gasteiger charge is -2.20. The van der Waals surface area contributed by atoms with Crippen LogP contribution in [-0.4, -0.2) is 11.0 Å². The largest absolute Gasteiger partial charge is 0.396 e. The Labute approximate surface area is 98.5 Å². The molecule has 90 valence electrons. The van der Waals surface area contributed by atoms with E-state index in [0.717, 1.165) is 11.4 Å². The first-order chi connectivity index (χ1) is 7.77. The third-order valence-electron chi connectivity index (χ3n) is 2.75. The van der Waals surface area contributed by atoms with Crippen molar-refractivity contribution >= 4 is 11.4 Å². The maximum atomic E-state index is 5.87. The minimum absolute atomic E-state index is 0.537. The SMILES string of the molecule is CCCCC(CCC)Nc1ccncc1N. The summed E-state index contributed by atoms with van der Waals surface area (Å²) in [6, 6.07) is 2.49. The Kier molecular flexibility index (Phi) is 5.68. The van der Waals surface area contributed by atoms with Gasteiger partial charge in [-0.1, -0.05) is 33.1 Å². The first-order valence-corrected chi connectivity index (χ1v) is 6.24. The second-order valence-electron chi connectivity index (χ2n) is 4.24. The van der Waals surface area contributed by atoms with Crippen LogP contribution in [0.5, 0.6) is 0 Å².